The molecule has 5 nitrogen and oxygen atoms in total. The SMILES string of the molecule is NC(=S)c1ccnc(NCCN2CCCC2)n1. The summed E-state index contributed by atoms with van der Waals surface area (Å²) in [4.78, 5) is 11.1. The van der Waals surface area contributed by atoms with Crippen molar-refractivity contribution in [2.75, 3.05) is 31.5 Å². The number of anilines is 1. The molecule has 1 aliphatic rings. The Hall–Kier alpha value is -1.27. The maximum absolute atomic E-state index is 5.52. The second kappa shape index (κ2) is 5.88. The summed E-state index contributed by atoms with van der Waals surface area (Å²) < 4.78 is 0. The van der Waals surface area contributed by atoms with Gasteiger partial charge in [0, 0.05) is 19.3 Å². The lowest BCUT2D eigenvalue weighted by Crippen LogP contribution is -2.26. The van der Waals surface area contributed by atoms with Crippen molar-refractivity contribution in [1.82, 2.24) is 14.9 Å². The fraction of sp³-hybridized carbons (Fsp3) is 0.545. The molecule has 1 aromatic heterocycles. The fourth-order valence-corrected chi connectivity index (χ4v) is 2.03. The minimum atomic E-state index is 0.301. The second-order valence-electron chi connectivity index (χ2n) is 4.11. The van der Waals surface area contributed by atoms with E-state index < -0.39 is 0 Å². The van der Waals surface area contributed by atoms with Crippen LogP contribution in [0.25, 0.3) is 0 Å². The molecule has 1 fully saturated rings. The van der Waals surface area contributed by atoms with E-state index in [4.69, 9.17) is 18.0 Å². The molecule has 0 bridgehead atoms. The summed E-state index contributed by atoms with van der Waals surface area (Å²) in [6.45, 7) is 4.28. The first-order valence-corrected chi connectivity index (χ1v) is 6.25. The van der Waals surface area contributed by atoms with Gasteiger partial charge in [0.1, 0.15) is 10.7 Å². The van der Waals surface area contributed by atoms with Crippen molar-refractivity contribution in [3.8, 4) is 0 Å². The van der Waals surface area contributed by atoms with Gasteiger partial charge in [-0.15, -0.1) is 0 Å². The van der Waals surface area contributed by atoms with Crippen molar-refractivity contribution in [2.24, 2.45) is 5.73 Å². The van der Waals surface area contributed by atoms with Crippen molar-refractivity contribution >= 4 is 23.2 Å². The molecule has 17 heavy (non-hydrogen) atoms. The van der Waals surface area contributed by atoms with Crippen LogP contribution < -0.4 is 11.1 Å². The van der Waals surface area contributed by atoms with Gasteiger partial charge in [-0.05, 0) is 32.0 Å². The maximum atomic E-state index is 5.52. The van der Waals surface area contributed by atoms with Gasteiger partial charge >= 0.3 is 0 Å². The van der Waals surface area contributed by atoms with Crippen LogP contribution in [0.5, 0.6) is 0 Å². The van der Waals surface area contributed by atoms with Crippen molar-refractivity contribution < 1.29 is 0 Å². The monoisotopic (exact) mass is 251 g/mol. The molecule has 92 valence electrons. The predicted molar refractivity (Wildman–Crippen MR) is 72.1 cm³/mol. The summed E-state index contributed by atoms with van der Waals surface area (Å²) in [5.41, 5.74) is 6.13. The highest BCUT2D eigenvalue weighted by Crippen LogP contribution is 2.06. The Morgan fingerprint density at radius 1 is 1.47 bits per heavy atom. The number of hydrogen-bond donors (Lipinski definition) is 2. The van der Waals surface area contributed by atoms with Gasteiger partial charge in [-0.3, -0.25) is 0 Å². The van der Waals surface area contributed by atoms with Crippen LogP contribution in [0.4, 0.5) is 5.95 Å². The van der Waals surface area contributed by atoms with E-state index in [1.807, 2.05) is 0 Å². The Morgan fingerprint density at radius 3 is 2.94 bits per heavy atom. The number of aromatic nitrogens is 2. The van der Waals surface area contributed by atoms with Crippen molar-refractivity contribution in [3.63, 3.8) is 0 Å². The van der Waals surface area contributed by atoms with Crippen LogP contribution in [0.15, 0.2) is 12.3 Å². The summed E-state index contributed by atoms with van der Waals surface area (Å²) in [6, 6.07) is 1.72. The molecule has 0 radical (unpaired) electrons. The quantitative estimate of drug-likeness (QED) is 0.748. The molecular weight excluding hydrogens is 234 g/mol. The number of likely N-dealkylation sites (tertiary alicyclic amines) is 1. The first-order chi connectivity index (χ1) is 8.25. The topological polar surface area (TPSA) is 67.1 Å². The molecule has 1 aromatic rings. The number of nitrogens with two attached hydrogens (primary N) is 1. The first kappa shape index (κ1) is 12.2. The van der Waals surface area contributed by atoms with Crippen LogP contribution in [0.1, 0.15) is 18.5 Å². The van der Waals surface area contributed by atoms with Crippen LogP contribution in [-0.2, 0) is 0 Å². The molecule has 0 saturated carbocycles. The summed E-state index contributed by atoms with van der Waals surface area (Å²) in [5.74, 6) is 0.592. The lowest BCUT2D eigenvalue weighted by molar-refractivity contribution is 0.352. The number of thiocarbonyl (C=S) groups is 1. The van der Waals surface area contributed by atoms with Crippen molar-refractivity contribution in [1.29, 1.82) is 0 Å². The molecule has 1 aliphatic heterocycles. The highest BCUT2D eigenvalue weighted by atomic mass is 32.1. The van der Waals surface area contributed by atoms with Crippen LogP contribution in [-0.4, -0.2) is 46.0 Å². The Kier molecular flexibility index (Phi) is 4.22. The second-order valence-corrected chi connectivity index (χ2v) is 4.55. The molecule has 2 rings (SSSR count). The average molecular weight is 251 g/mol. The molecule has 1 saturated heterocycles. The van der Waals surface area contributed by atoms with Crippen LogP contribution in [0, 0.1) is 0 Å². The summed E-state index contributed by atoms with van der Waals surface area (Å²) in [5, 5.41) is 3.19. The smallest absolute Gasteiger partial charge is 0.223 e. The van der Waals surface area contributed by atoms with Crippen LogP contribution >= 0.6 is 12.2 Å². The zero-order valence-corrected chi connectivity index (χ0v) is 10.5. The highest BCUT2D eigenvalue weighted by Gasteiger charge is 2.10. The molecule has 6 heteroatoms. The lowest BCUT2D eigenvalue weighted by atomic mass is 10.4. The molecule has 0 atom stereocenters. The van der Waals surface area contributed by atoms with E-state index in [0.29, 0.717) is 16.6 Å². The fourth-order valence-electron chi connectivity index (χ4n) is 1.91. The van der Waals surface area contributed by atoms with Gasteiger partial charge in [-0.25, -0.2) is 9.97 Å². The molecule has 0 aliphatic carbocycles. The number of hydrogen-bond acceptors (Lipinski definition) is 5. The number of rotatable bonds is 5. The molecular formula is C11H17N5S. The van der Waals surface area contributed by atoms with Gasteiger partial charge in [0.15, 0.2) is 0 Å². The minimum absolute atomic E-state index is 0.301. The Morgan fingerprint density at radius 2 is 2.24 bits per heavy atom. The largest absolute Gasteiger partial charge is 0.388 e. The Balaban J connectivity index is 1.81. The van der Waals surface area contributed by atoms with E-state index in [0.717, 1.165) is 13.1 Å². The zero-order chi connectivity index (χ0) is 12.1. The van der Waals surface area contributed by atoms with E-state index in [1.54, 1.807) is 12.3 Å². The van der Waals surface area contributed by atoms with Crippen LogP contribution in [0.2, 0.25) is 0 Å². The minimum Gasteiger partial charge on any atom is -0.388 e. The van der Waals surface area contributed by atoms with Crippen molar-refractivity contribution in [3.05, 3.63) is 18.0 Å². The summed E-state index contributed by atoms with van der Waals surface area (Å²) in [6.07, 6.45) is 4.29. The van der Waals surface area contributed by atoms with E-state index in [1.165, 1.54) is 25.9 Å². The van der Waals surface area contributed by atoms with Gasteiger partial charge < -0.3 is 16.0 Å². The average Bonchev–Trinajstić information content (AvgIpc) is 2.82. The molecule has 0 spiro atoms. The summed E-state index contributed by atoms with van der Waals surface area (Å²) in [7, 11) is 0. The summed E-state index contributed by atoms with van der Waals surface area (Å²) >= 11 is 4.87. The van der Waals surface area contributed by atoms with Gasteiger partial charge in [-0.1, -0.05) is 12.2 Å². The zero-order valence-electron chi connectivity index (χ0n) is 9.72. The predicted octanol–water partition coefficient (Wildman–Crippen LogP) is 0.618. The standard InChI is InChI=1S/C11H17N5S/c12-10(17)9-3-4-13-11(15-9)14-5-8-16-6-1-2-7-16/h3-4H,1-2,5-8H2,(H2,12,17)(H,13,14,15). The van der Waals surface area contributed by atoms with Gasteiger partial charge in [0.25, 0.3) is 0 Å². The van der Waals surface area contributed by atoms with Gasteiger partial charge in [0.2, 0.25) is 5.95 Å². The maximum Gasteiger partial charge on any atom is 0.223 e. The number of nitrogens with zero attached hydrogens (tertiary/aromatic N) is 3. The van der Waals surface area contributed by atoms with E-state index in [-0.39, 0.29) is 0 Å². The molecule has 3 N–H and O–H groups in total. The van der Waals surface area contributed by atoms with E-state index in [9.17, 15) is 0 Å². The Bertz CT molecular complexity index is 389. The third kappa shape index (κ3) is 3.61. The third-order valence-corrected chi connectivity index (χ3v) is 3.03. The lowest BCUT2D eigenvalue weighted by Gasteiger charge is -2.14. The Labute approximate surface area is 106 Å². The highest BCUT2D eigenvalue weighted by molar-refractivity contribution is 7.80. The van der Waals surface area contributed by atoms with Gasteiger partial charge in [-0.2, -0.15) is 0 Å². The van der Waals surface area contributed by atoms with Gasteiger partial charge in [0.05, 0.1) is 0 Å². The van der Waals surface area contributed by atoms with Crippen molar-refractivity contribution in [2.45, 2.75) is 12.8 Å². The first-order valence-electron chi connectivity index (χ1n) is 5.85. The van der Waals surface area contributed by atoms with Crippen LogP contribution in [0.3, 0.4) is 0 Å². The third-order valence-electron chi connectivity index (χ3n) is 2.82. The molecule has 2 heterocycles. The molecule has 0 unspecified atom stereocenters. The van der Waals surface area contributed by atoms with E-state index >= 15 is 0 Å². The molecule has 0 amide bonds. The number of nitrogens with one attached hydrogen (secondary N) is 1. The normalized spacial score (nSPS) is 16.0. The molecule has 0 aromatic carbocycles. The van der Waals surface area contributed by atoms with E-state index in [2.05, 4.69) is 20.2 Å².